The van der Waals surface area contributed by atoms with Crippen LogP contribution in [0.4, 0.5) is 0 Å². The van der Waals surface area contributed by atoms with E-state index in [1.165, 1.54) is 38.6 Å². The first-order valence-corrected chi connectivity index (χ1v) is 7.86. The lowest BCUT2D eigenvalue weighted by atomic mass is 10.0. The van der Waals surface area contributed by atoms with Crippen molar-refractivity contribution in [1.29, 1.82) is 0 Å². The van der Waals surface area contributed by atoms with Crippen LogP contribution in [0.15, 0.2) is 24.3 Å². The first-order chi connectivity index (χ1) is 10.3. The number of esters is 1. The van der Waals surface area contributed by atoms with Crippen LogP contribution < -0.4 is 0 Å². The molecule has 0 atom stereocenters. The van der Waals surface area contributed by atoms with E-state index in [1.54, 1.807) is 0 Å². The Labute approximate surface area is 126 Å². The summed E-state index contributed by atoms with van der Waals surface area (Å²) in [7, 11) is 1.45. The van der Waals surface area contributed by atoms with E-state index in [4.69, 9.17) is 4.74 Å². The van der Waals surface area contributed by atoms with Crippen LogP contribution in [0.1, 0.15) is 24.0 Å². The van der Waals surface area contributed by atoms with Crippen LogP contribution in [-0.2, 0) is 22.5 Å². The molecule has 1 aromatic rings. The van der Waals surface area contributed by atoms with Crippen LogP contribution in [0.3, 0.4) is 0 Å². The summed E-state index contributed by atoms with van der Waals surface area (Å²) < 4.78 is 4.79. The number of hydrogen-bond acceptors (Lipinski definition) is 4. The number of piperazine rings is 1. The summed E-state index contributed by atoms with van der Waals surface area (Å²) >= 11 is 0. The van der Waals surface area contributed by atoms with Crippen LogP contribution in [-0.4, -0.2) is 55.1 Å². The quantitative estimate of drug-likeness (QED) is 0.772. The normalized spacial score (nSPS) is 20.4. The number of benzene rings is 1. The second-order valence-corrected chi connectivity index (χ2v) is 6.06. The van der Waals surface area contributed by atoms with Gasteiger partial charge in [-0.15, -0.1) is 0 Å². The molecule has 0 aromatic heterocycles. The van der Waals surface area contributed by atoms with Gasteiger partial charge in [0.2, 0.25) is 0 Å². The molecule has 4 nitrogen and oxygen atoms in total. The fourth-order valence-corrected chi connectivity index (χ4v) is 3.08. The molecule has 1 aliphatic heterocycles. The molecule has 1 aliphatic carbocycles. The second kappa shape index (κ2) is 6.58. The van der Waals surface area contributed by atoms with Crippen LogP contribution in [0.2, 0.25) is 0 Å². The van der Waals surface area contributed by atoms with Gasteiger partial charge in [0.25, 0.3) is 0 Å². The molecule has 0 amide bonds. The zero-order valence-corrected chi connectivity index (χ0v) is 12.8. The minimum atomic E-state index is -0.166. The van der Waals surface area contributed by atoms with Crippen LogP contribution in [0.5, 0.6) is 0 Å². The second-order valence-electron chi connectivity index (χ2n) is 6.06. The molecule has 1 aromatic carbocycles. The lowest BCUT2D eigenvalue weighted by Crippen LogP contribution is -2.46. The molecular formula is C17H24N2O2. The van der Waals surface area contributed by atoms with Crippen molar-refractivity contribution in [3.05, 3.63) is 35.4 Å². The van der Waals surface area contributed by atoms with E-state index < -0.39 is 0 Å². The third-order valence-corrected chi connectivity index (χ3v) is 4.54. The molecule has 1 saturated heterocycles. The van der Waals surface area contributed by atoms with Crippen molar-refractivity contribution in [2.45, 2.75) is 31.8 Å². The monoisotopic (exact) mass is 288 g/mol. The van der Waals surface area contributed by atoms with Crippen LogP contribution in [0, 0.1) is 0 Å². The van der Waals surface area contributed by atoms with Crippen molar-refractivity contribution in [2.75, 3.05) is 33.3 Å². The highest BCUT2D eigenvalue weighted by Gasteiger charge is 2.31. The zero-order chi connectivity index (χ0) is 14.7. The third kappa shape index (κ3) is 3.83. The minimum Gasteiger partial charge on any atom is -0.469 e. The van der Waals surface area contributed by atoms with Crippen molar-refractivity contribution >= 4 is 5.97 Å². The number of carbonyl (C=O) groups excluding carboxylic acids is 1. The van der Waals surface area contributed by atoms with E-state index >= 15 is 0 Å². The highest BCUT2D eigenvalue weighted by Crippen LogP contribution is 2.27. The molecule has 21 heavy (non-hydrogen) atoms. The first-order valence-electron chi connectivity index (χ1n) is 7.86. The highest BCUT2D eigenvalue weighted by atomic mass is 16.5. The molecular weight excluding hydrogens is 264 g/mol. The van der Waals surface area contributed by atoms with E-state index in [0.717, 1.165) is 31.2 Å². The SMILES string of the molecule is COC(=O)Cc1ccccc1CN1CCN(C2CC2)CC1. The number of ether oxygens (including phenoxy) is 1. The van der Waals surface area contributed by atoms with Gasteiger partial charge in [-0.3, -0.25) is 14.6 Å². The Morgan fingerprint density at radius 2 is 1.81 bits per heavy atom. The Bertz CT molecular complexity index is 491. The van der Waals surface area contributed by atoms with E-state index in [0.29, 0.717) is 6.42 Å². The summed E-state index contributed by atoms with van der Waals surface area (Å²) in [5, 5.41) is 0. The number of methoxy groups -OCH3 is 1. The Morgan fingerprint density at radius 1 is 1.14 bits per heavy atom. The van der Waals surface area contributed by atoms with Gasteiger partial charge in [0.05, 0.1) is 13.5 Å². The fraction of sp³-hybridized carbons (Fsp3) is 0.588. The zero-order valence-electron chi connectivity index (χ0n) is 12.8. The topological polar surface area (TPSA) is 32.8 Å². The molecule has 1 saturated carbocycles. The van der Waals surface area contributed by atoms with E-state index in [1.807, 2.05) is 12.1 Å². The van der Waals surface area contributed by atoms with Crippen molar-refractivity contribution < 1.29 is 9.53 Å². The largest absolute Gasteiger partial charge is 0.469 e. The molecule has 2 fully saturated rings. The Morgan fingerprint density at radius 3 is 2.43 bits per heavy atom. The first kappa shape index (κ1) is 14.5. The maximum absolute atomic E-state index is 11.5. The molecule has 114 valence electrons. The molecule has 4 heteroatoms. The van der Waals surface area contributed by atoms with E-state index in [2.05, 4.69) is 21.9 Å². The molecule has 0 spiro atoms. The highest BCUT2D eigenvalue weighted by molar-refractivity contribution is 5.72. The predicted molar refractivity (Wildman–Crippen MR) is 82.0 cm³/mol. The molecule has 0 radical (unpaired) electrons. The predicted octanol–water partition coefficient (Wildman–Crippen LogP) is 1.68. The smallest absolute Gasteiger partial charge is 0.309 e. The summed E-state index contributed by atoms with van der Waals surface area (Å²) in [6.45, 7) is 5.56. The molecule has 1 heterocycles. The average Bonchev–Trinajstić information content (AvgIpc) is 3.35. The molecule has 3 rings (SSSR count). The lowest BCUT2D eigenvalue weighted by Gasteiger charge is -2.35. The van der Waals surface area contributed by atoms with Gasteiger partial charge in [-0.05, 0) is 24.0 Å². The summed E-state index contributed by atoms with van der Waals surface area (Å²) in [6.07, 6.45) is 3.15. The van der Waals surface area contributed by atoms with Gasteiger partial charge in [-0.2, -0.15) is 0 Å². The van der Waals surface area contributed by atoms with Gasteiger partial charge in [0.1, 0.15) is 0 Å². The van der Waals surface area contributed by atoms with Gasteiger partial charge >= 0.3 is 5.97 Å². The summed E-state index contributed by atoms with van der Waals surface area (Å²) in [5.74, 6) is -0.166. The number of carbonyl (C=O) groups is 1. The van der Waals surface area contributed by atoms with Gasteiger partial charge in [0.15, 0.2) is 0 Å². The van der Waals surface area contributed by atoms with Crippen molar-refractivity contribution in [1.82, 2.24) is 9.80 Å². The Kier molecular flexibility index (Phi) is 4.56. The average molecular weight is 288 g/mol. The van der Waals surface area contributed by atoms with Crippen molar-refractivity contribution in [2.24, 2.45) is 0 Å². The minimum absolute atomic E-state index is 0.166. The maximum atomic E-state index is 11.5. The summed E-state index contributed by atoms with van der Waals surface area (Å²) in [6, 6.07) is 9.08. The van der Waals surface area contributed by atoms with Crippen molar-refractivity contribution in [3.63, 3.8) is 0 Å². The van der Waals surface area contributed by atoms with E-state index in [9.17, 15) is 4.79 Å². The molecule has 0 unspecified atom stereocenters. The van der Waals surface area contributed by atoms with Crippen LogP contribution in [0.25, 0.3) is 0 Å². The van der Waals surface area contributed by atoms with Gasteiger partial charge in [-0.25, -0.2) is 0 Å². The maximum Gasteiger partial charge on any atom is 0.309 e. The molecule has 0 bridgehead atoms. The summed E-state index contributed by atoms with van der Waals surface area (Å²) in [5.41, 5.74) is 2.34. The number of rotatable bonds is 5. The van der Waals surface area contributed by atoms with Crippen molar-refractivity contribution in [3.8, 4) is 0 Å². The lowest BCUT2D eigenvalue weighted by molar-refractivity contribution is -0.139. The molecule has 0 N–H and O–H groups in total. The Hall–Kier alpha value is -1.39. The molecule has 2 aliphatic rings. The van der Waals surface area contributed by atoms with Crippen LogP contribution >= 0.6 is 0 Å². The summed E-state index contributed by atoms with van der Waals surface area (Å²) in [4.78, 5) is 16.6. The number of hydrogen-bond donors (Lipinski definition) is 0. The third-order valence-electron chi connectivity index (χ3n) is 4.54. The fourth-order valence-electron chi connectivity index (χ4n) is 3.08. The standard InChI is InChI=1S/C17H24N2O2/c1-21-17(20)12-14-4-2-3-5-15(14)13-18-8-10-19(11-9-18)16-6-7-16/h2-5,16H,6-13H2,1H3. The van der Waals surface area contributed by atoms with Gasteiger partial charge < -0.3 is 4.74 Å². The van der Waals surface area contributed by atoms with Gasteiger partial charge in [0, 0.05) is 38.8 Å². The number of nitrogens with zero attached hydrogens (tertiary/aromatic N) is 2. The Balaban J connectivity index is 1.58. The van der Waals surface area contributed by atoms with E-state index in [-0.39, 0.29) is 5.97 Å². The van der Waals surface area contributed by atoms with Gasteiger partial charge in [-0.1, -0.05) is 24.3 Å².